The van der Waals surface area contributed by atoms with Crippen molar-refractivity contribution in [2.24, 2.45) is 23.2 Å². The van der Waals surface area contributed by atoms with Gasteiger partial charge in [-0.3, -0.25) is 19.2 Å². The largest absolute Gasteiger partial charge is 0.471 e. The zero-order chi connectivity index (χ0) is 26.3. The van der Waals surface area contributed by atoms with E-state index in [9.17, 15) is 46.4 Å². The number of hydrogen-bond acceptors (Lipinski definition) is 5. The minimum atomic E-state index is -5.39. The fraction of sp³-hybridized carbons (Fsp3) is 0.762. The number of hydrogen-bond donors (Lipinski definition) is 3. The first-order valence-electron chi connectivity index (χ1n) is 11.1. The fourth-order valence-corrected chi connectivity index (χ4v) is 5.21. The van der Waals surface area contributed by atoms with Gasteiger partial charge in [-0.2, -0.15) is 18.4 Å². The lowest BCUT2D eigenvalue weighted by Crippen LogP contribution is -2.58. The Labute approximate surface area is 197 Å². The fourth-order valence-electron chi connectivity index (χ4n) is 5.21. The van der Waals surface area contributed by atoms with Crippen LogP contribution in [0.3, 0.4) is 0 Å². The van der Waals surface area contributed by atoms with Gasteiger partial charge in [0, 0.05) is 25.4 Å². The highest BCUT2D eigenvalue weighted by molar-refractivity contribution is 5.94. The number of nitriles is 1. The Balaban J connectivity index is 1.78. The maximum absolute atomic E-state index is 13.2. The van der Waals surface area contributed by atoms with E-state index in [1.165, 1.54) is 5.32 Å². The molecule has 0 aromatic rings. The predicted octanol–water partition coefficient (Wildman–Crippen LogP) is 0.706. The SMILES string of the molecule is CC1(C)[C@@H]2[C@@H](C(=O)N[C@H](C#N)C[C@@H]3CCNC3=O)N(C(=O)[C@H](CC(F)F)NC(=O)C(F)(F)F)C[C@@H]21. The van der Waals surface area contributed by atoms with Crippen LogP contribution in [0.5, 0.6) is 0 Å². The molecule has 0 bridgehead atoms. The van der Waals surface area contributed by atoms with Crippen LogP contribution in [-0.4, -0.2) is 72.3 Å². The van der Waals surface area contributed by atoms with Gasteiger partial charge in [0.15, 0.2) is 0 Å². The molecule has 6 atom stereocenters. The molecule has 0 radical (unpaired) electrons. The molecule has 0 unspecified atom stereocenters. The van der Waals surface area contributed by atoms with Crippen LogP contribution in [0.25, 0.3) is 0 Å². The first-order valence-corrected chi connectivity index (χ1v) is 11.1. The van der Waals surface area contributed by atoms with Gasteiger partial charge in [0.25, 0.3) is 0 Å². The summed E-state index contributed by atoms with van der Waals surface area (Å²) in [7, 11) is 0. The molecular formula is C21H26F5N5O4. The second-order valence-corrected chi connectivity index (χ2v) is 9.74. The van der Waals surface area contributed by atoms with Crippen molar-refractivity contribution in [3.8, 4) is 6.07 Å². The Kier molecular flexibility index (Phi) is 7.29. The van der Waals surface area contributed by atoms with Crippen LogP contribution in [0.2, 0.25) is 0 Å². The van der Waals surface area contributed by atoms with E-state index in [1.807, 2.05) is 19.9 Å². The summed E-state index contributed by atoms with van der Waals surface area (Å²) in [5.41, 5.74) is -0.403. The third-order valence-electron chi connectivity index (χ3n) is 7.19. The number of nitrogens with one attached hydrogen (secondary N) is 3. The highest BCUT2D eigenvalue weighted by Gasteiger charge is 2.69. The van der Waals surface area contributed by atoms with E-state index in [2.05, 4.69) is 10.6 Å². The molecule has 1 saturated carbocycles. The minimum Gasteiger partial charge on any atom is -0.356 e. The van der Waals surface area contributed by atoms with Gasteiger partial charge < -0.3 is 20.9 Å². The normalized spacial score (nSPS) is 28.5. The number of amides is 4. The summed E-state index contributed by atoms with van der Waals surface area (Å²) in [4.78, 5) is 50.3. The van der Waals surface area contributed by atoms with E-state index in [1.54, 1.807) is 0 Å². The maximum Gasteiger partial charge on any atom is 0.471 e. The molecule has 35 heavy (non-hydrogen) atoms. The lowest BCUT2D eigenvalue weighted by atomic mass is 9.97. The predicted molar refractivity (Wildman–Crippen MR) is 108 cm³/mol. The van der Waals surface area contributed by atoms with Crippen LogP contribution < -0.4 is 16.0 Å². The molecule has 0 aromatic carbocycles. The number of fused-ring (bicyclic) bond motifs is 1. The summed E-state index contributed by atoms with van der Waals surface area (Å²) in [6, 6.07) is -2.59. The molecule has 3 fully saturated rings. The molecule has 4 amide bonds. The number of likely N-dealkylation sites (tertiary alicyclic amines) is 1. The molecule has 14 heteroatoms. The third-order valence-corrected chi connectivity index (χ3v) is 7.19. The Morgan fingerprint density at radius 3 is 2.43 bits per heavy atom. The second kappa shape index (κ2) is 9.58. The van der Waals surface area contributed by atoms with Gasteiger partial charge in [-0.05, 0) is 30.1 Å². The van der Waals surface area contributed by atoms with Crippen molar-refractivity contribution in [3.63, 3.8) is 0 Å². The van der Waals surface area contributed by atoms with Gasteiger partial charge in [-0.15, -0.1) is 0 Å². The van der Waals surface area contributed by atoms with Gasteiger partial charge in [-0.25, -0.2) is 8.78 Å². The van der Waals surface area contributed by atoms with Crippen molar-refractivity contribution < 1.29 is 41.1 Å². The summed E-state index contributed by atoms with van der Waals surface area (Å²) in [6.07, 6.45) is -9.44. The van der Waals surface area contributed by atoms with Crippen LogP contribution in [0.1, 0.15) is 33.1 Å². The van der Waals surface area contributed by atoms with Crippen LogP contribution in [0.15, 0.2) is 0 Å². The summed E-state index contributed by atoms with van der Waals surface area (Å²) < 4.78 is 64.1. The molecule has 194 valence electrons. The van der Waals surface area contributed by atoms with Crippen LogP contribution in [0, 0.1) is 34.5 Å². The highest BCUT2D eigenvalue weighted by Crippen LogP contribution is 2.65. The number of halogens is 5. The van der Waals surface area contributed by atoms with E-state index in [0.29, 0.717) is 13.0 Å². The molecule has 2 saturated heterocycles. The Morgan fingerprint density at radius 2 is 1.91 bits per heavy atom. The van der Waals surface area contributed by atoms with Crippen molar-refractivity contribution in [1.29, 1.82) is 5.26 Å². The number of piperidine rings is 1. The first kappa shape index (κ1) is 26.6. The molecule has 3 rings (SSSR count). The topological polar surface area (TPSA) is 131 Å². The van der Waals surface area contributed by atoms with Crippen molar-refractivity contribution in [3.05, 3.63) is 0 Å². The van der Waals surface area contributed by atoms with Gasteiger partial charge in [-0.1, -0.05) is 13.8 Å². The quantitative estimate of drug-likeness (QED) is 0.417. The lowest BCUT2D eigenvalue weighted by Gasteiger charge is -2.33. The summed E-state index contributed by atoms with van der Waals surface area (Å²) in [5.74, 6) is -5.90. The third kappa shape index (κ3) is 5.48. The number of nitrogens with zero attached hydrogens (tertiary/aromatic N) is 2. The Bertz CT molecular complexity index is 934. The number of rotatable bonds is 8. The monoisotopic (exact) mass is 507 g/mol. The number of carbonyl (C=O) groups excluding carboxylic acids is 4. The molecule has 2 heterocycles. The van der Waals surface area contributed by atoms with Gasteiger partial charge in [0.1, 0.15) is 18.1 Å². The Morgan fingerprint density at radius 1 is 1.26 bits per heavy atom. The lowest BCUT2D eigenvalue weighted by molar-refractivity contribution is -0.175. The van der Waals surface area contributed by atoms with Gasteiger partial charge in [0.05, 0.1) is 6.07 Å². The van der Waals surface area contributed by atoms with E-state index >= 15 is 0 Å². The smallest absolute Gasteiger partial charge is 0.356 e. The first-order chi connectivity index (χ1) is 16.2. The standard InChI is InChI=1S/C21H26F5N5O4/c1-20(2)11-8-31(18(34)12(6-13(22)23)30-19(35)21(24,25)26)15(14(11)20)17(33)29-10(7-27)5-9-3-4-28-16(9)32/h9-15H,3-6,8H2,1-2H3,(H,28,32)(H,29,33)(H,30,35)/t9-,10-,11-,12-,14-,15-/m0/s1. The van der Waals surface area contributed by atoms with Gasteiger partial charge in [0.2, 0.25) is 24.1 Å². The molecule has 2 aliphatic heterocycles. The van der Waals surface area contributed by atoms with Crippen molar-refractivity contribution in [2.45, 2.75) is 63.8 Å². The molecular weight excluding hydrogens is 481 g/mol. The van der Waals surface area contributed by atoms with Crippen molar-refractivity contribution in [1.82, 2.24) is 20.9 Å². The summed E-state index contributed by atoms with van der Waals surface area (Å²) in [6.45, 7) is 4.03. The van der Waals surface area contributed by atoms with Crippen LogP contribution in [0.4, 0.5) is 22.0 Å². The summed E-state index contributed by atoms with van der Waals surface area (Å²) in [5, 5.41) is 15.9. The number of alkyl halides is 5. The van der Waals surface area contributed by atoms with Gasteiger partial charge >= 0.3 is 12.1 Å². The van der Waals surface area contributed by atoms with E-state index in [4.69, 9.17) is 0 Å². The molecule has 0 aromatic heterocycles. The molecule has 3 aliphatic rings. The maximum atomic E-state index is 13.2. The van der Waals surface area contributed by atoms with Crippen molar-refractivity contribution in [2.75, 3.05) is 13.1 Å². The Hall–Kier alpha value is -2.98. The van der Waals surface area contributed by atoms with E-state index in [0.717, 1.165) is 4.90 Å². The van der Waals surface area contributed by atoms with Crippen molar-refractivity contribution >= 4 is 23.6 Å². The van der Waals surface area contributed by atoms with E-state index < -0.39 is 72.1 Å². The minimum absolute atomic E-state index is 0.0296. The molecule has 3 N–H and O–H groups in total. The molecule has 1 aliphatic carbocycles. The average Bonchev–Trinajstić information content (AvgIpc) is 3.10. The van der Waals surface area contributed by atoms with Crippen LogP contribution >= 0.6 is 0 Å². The number of carbonyl (C=O) groups is 4. The highest BCUT2D eigenvalue weighted by atomic mass is 19.4. The zero-order valence-corrected chi connectivity index (χ0v) is 19.0. The zero-order valence-electron chi connectivity index (χ0n) is 19.0. The van der Waals surface area contributed by atoms with E-state index in [-0.39, 0.29) is 24.8 Å². The summed E-state index contributed by atoms with van der Waals surface area (Å²) >= 11 is 0. The second-order valence-electron chi connectivity index (χ2n) is 9.74. The molecule has 9 nitrogen and oxygen atoms in total. The molecule has 0 spiro atoms. The average molecular weight is 507 g/mol. The van der Waals surface area contributed by atoms with Crippen LogP contribution in [-0.2, 0) is 19.2 Å².